The zero-order valence-electron chi connectivity index (χ0n) is 11.4. The number of anilines is 1. The number of rotatable bonds is 2. The Balaban J connectivity index is 1.60. The highest BCUT2D eigenvalue weighted by Gasteiger charge is 2.45. The lowest BCUT2D eigenvalue weighted by Gasteiger charge is -2.46. The summed E-state index contributed by atoms with van der Waals surface area (Å²) < 4.78 is 1.59. The molecule has 106 valence electrons. The Bertz CT molecular complexity index is 809. The molecule has 1 aliphatic heterocycles. The highest BCUT2D eigenvalue weighted by atomic mass is 16.3. The minimum absolute atomic E-state index is 0.451. The molecule has 0 unspecified atom stereocenters. The van der Waals surface area contributed by atoms with Gasteiger partial charge in [0.2, 0.25) is 0 Å². The van der Waals surface area contributed by atoms with Crippen molar-refractivity contribution in [3.05, 3.63) is 36.4 Å². The van der Waals surface area contributed by atoms with Gasteiger partial charge in [-0.15, -0.1) is 5.10 Å². The number of aryl methyl sites for hydroxylation is 1. The summed E-state index contributed by atoms with van der Waals surface area (Å²) in [4.78, 5) is 14.8. The molecule has 0 aromatic carbocycles. The summed E-state index contributed by atoms with van der Waals surface area (Å²) in [5, 5.41) is 18.3. The van der Waals surface area contributed by atoms with E-state index in [2.05, 4.69) is 25.3 Å². The number of hydrogen-bond acceptors (Lipinski definition) is 7. The van der Waals surface area contributed by atoms with E-state index in [0.29, 0.717) is 24.4 Å². The van der Waals surface area contributed by atoms with Crippen molar-refractivity contribution < 1.29 is 5.11 Å². The monoisotopic (exact) mass is 283 g/mol. The first-order valence-corrected chi connectivity index (χ1v) is 6.56. The number of pyridine rings is 1. The summed E-state index contributed by atoms with van der Waals surface area (Å²) in [6.45, 7) is 0.903. The van der Waals surface area contributed by atoms with Crippen LogP contribution in [0.1, 0.15) is 5.69 Å². The second-order valence-electron chi connectivity index (χ2n) is 5.20. The van der Waals surface area contributed by atoms with Gasteiger partial charge in [0.1, 0.15) is 16.9 Å². The average molecular weight is 283 g/mol. The van der Waals surface area contributed by atoms with E-state index in [1.807, 2.05) is 17.0 Å². The van der Waals surface area contributed by atoms with Gasteiger partial charge in [-0.3, -0.25) is 4.98 Å². The maximum atomic E-state index is 10.6. The van der Waals surface area contributed by atoms with Crippen molar-refractivity contribution in [3.63, 3.8) is 0 Å². The van der Waals surface area contributed by atoms with Crippen molar-refractivity contribution in [3.8, 4) is 0 Å². The van der Waals surface area contributed by atoms with Crippen LogP contribution in [-0.2, 0) is 12.6 Å². The number of β-amino-alcohol motifs (C(OH)–C–C–N with tert-alkyl or cyclic N) is 1. The van der Waals surface area contributed by atoms with Crippen LogP contribution in [0.15, 0.2) is 30.7 Å². The van der Waals surface area contributed by atoms with Crippen molar-refractivity contribution in [2.24, 2.45) is 7.05 Å². The summed E-state index contributed by atoms with van der Waals surface area (Å²) in [5.41, 5.74) is 1.14. The smallest absolute Gasteiger partial charge is 0.180 e. The van der Waals surface area contributed by atoms with Crippen LogP contribution in [0.4, 0.5) is 5.82 Å². The lowest BCUT2D eigenvalue weighted by Crippen LogP contribution is -2.60. The normalized spacial score (nSPS) is 17.0. The molecule has 1 N–H and O–H groups in total. The second-order valence-corrected chi connectivity index (χ2v) is 5.20. The minimum Gasteiger partial charge on any atom is -0.380 e. The Morgan fingerprint density at radius 2 is 2.00 bits per heavy atom. The third-order valence-electron chi connectivity index (χ3n) is 3.74. The molecular weight excluding hydrogens is 270 g/mol. The molecule has 1 saturated heterocycles. The minimum atomic E-state index is -0.933. The van der Waals surface area contributed by atoms with Crippen molar-refractivity contribution >= 4 is 17.0 Å². The van der Waals surface area contributed by atoms with Crippen LogP contribution in [0.25, 0.3) is 11.2 Å². The van der Waals surface area contributed by atoms with Crippen LogP contribution in [0.3, 0.4) is 0 Å². The molecular formula is C13H13N7O. The first-order chi connectivity index (χ1) is 10.2. The summed E-state index contributed by atoms with van der Waals surface area (Å²) in [6.07, 6.45) is 4.85. The molecule has 0 amide bonds. The maximum absolute atomic E-state index is 10.6. The van der Waals surface area contributed by atoms with Crippen LogP contribution in [0.2, 0.25) is 0 Å². The highest BCUT2D eigenvalue weighted by Crippen LogP contribution is 2.34. The zero-order valence-corrected chi connectivity index (χ0v) is 11.4. The molecule has 0 radical (unpaired) electrons. The fourth-order valence-electron chi connectivity index (χ4n) is 2.64. The molecule has 21 heavy (non-hydrogen) atoms. The Morgan fingerprint density at radius 1 is 1.19 bits per heavy atom. The van der Waals surface area contributed by atoms with Gasteiger partial charge in [-0.1, -0.05) is 5.21 Å². The summed E-state index contributed by atoms with van der Waals surface area (Å²) in [7, 11) is 1.77. The fraction of sp³-hybridized carbons (Fsp3) is 0.308. The first-order valence-electron chi connectivity index (χ1n) is 6.56. The topological polar surface area (TPSA) is 92.8 Å². The van der Waals surface area contributed by atoms with E-state index in [1.165, 1.54) is 0 Å². The second kappa shape index (κ2) is 4.19. The molecule has 8 nitrogen and oxygen atoms in total. The van der Waals surface area contributed by atoms with Crippen LogP contribution in [0.5, 0.6) is 0 Å². The molecule has 3 aromatic heterocycles. The Hall–Kier alpha value is -2.61. The van der Waals surface area contributed by atoms with Crippen LogP contribution in [-0.4, -0.2) is 48.1 Å². The van der Waals surface area contributed by atoms with E-state index in [-0.39, 0.29) is 0 Å². The third kappa shape index (κ3) is 1.83. The predicted molar refractivity (Wildman–Crippen MR) is 74.4 cm³/mol. The van der Waals surface area contributed by atoms with Gasteiger partial charge < -0.3 is 10.0 Å². The molecule has 0 aliphatic carbocycles. The number of hydrogen-bond donors (Lipinski definition) is 1. The molecule has 3 aromatic rings. The number of fused-ring (bicyclic) bond motifs is 1. The number of aliphatic hydroxyl groups is 1. The highest BCUT2D eigenvalue weighted by molar-refractivity contribution is 5.72. The van der Waals surface area contributed by atoms with Crippen molar-refractivity contribution in [2.45, 2.75) is 5.60 Å². The Labute approximate surface area is 120 Å². The molecule has 1 fully saturated rings. The van der Waals surface area contributed by atoms with Gasteiger partial charge in [-0.2, -0.15) is 0 Å². The lowest BCUT2D eigenvalue weighted by molar-refractivity contribution is -0.000466. The lowest BCUT2D eigenvalue weighted by atomic mass is 9.90. The molecule has 8 heteroatoms. The maximum Gasteiger partial charge on any atom is 0.180 e. The quantitative estimate of drug-likeness (QED) is 0.699. The van der Waals surface area contributed by atoms with Gasteiger partial charge in [0.15, 0.2) is 5.65 Å². The Kier molecular flexibility index (Phi) is 2.43. The van der Waals surface area contributed by atoms with E-state index in [0.717, 1.165) is 11.3 Å². The van der Waals surface area contributed by atoms with E-state index in [9.17, 15) is 5.11 Å². The number of aromatic nitrogens is 6. The molecule has 0 spiro atoms. The molecule has 0 saturated carbocycles. The fourth-order valence-corrected chi connectivity index (χ4v) is 2.64. The number of nitrogens with zero attached hydrogens (tertiary/aromatic N) is 7. The standard InChI is InChI=1S/C13H13N7O/c1-19-10(6-16-18-19)13(21)7-20(8-13)11-3-2-9-12(17-11)15-5-4-14-9/h2-6,21H,7-8H2,1H3. The molecule has 4 heterocycles. The van der Waals surface area contributed by atoms with Crippen LogP contribution < -0.4 is 4.90 Å². The van der Waals surface area contributed by atoms with Crippen LogP contribution >= 0.6 is 0 Å². The van der Waals surface area contributed by atoms with Gasteiger partial charge in [-0.25, -0.2) is 14.6 Å². The zero-order chi connectivity index (χ0) is 14.4. The Morgan fingerprint density at radius 3 is 2.76 bits per heavy atom. The molecule has 0 atom stereocenters. The van der Waals surface area contributed by atoms with Gasteiger partial charge in [0.25, 0.3) is 0 Å². The van der Waals surface area contributed by atoms with Gasteiger partial charge in [0, 0.05) is 19.4 Å². The van der Waals surface area contributed by atoms with Crippen molar-refractivity contribution in [1.29, 1.82) is 0 Å². The van der Waals surface area contributed by atoms with Gasteiger partial charge in [-0.05, 0) is 12.1 Å². The van der Waals surface area contributed by atoms with E-state index in [1.54, 1.807) is 30.3 Å². The van der Waals surface area contributed by atoms with Gasteiger partial charge in [0.05, 0.1) is 25.0 Å². The molecule has 0 bridgehead atoms. The third-order valence-corrected chi connectivity index (χ3v) is 3.74. The summed E-state index contributed by atoms with van der Waals surface area (Å²) in [5.74, 6) is 0.780. The van der Waals surface area contributed by atoms with Crippen molar-refractivity contribution in [1.82, 2.24) is 29.9 Å². The molecule has 1 aliphatic rings. The van der Waals surface area contributed by atoms with Crippen molar-refractivity contribution in [2.75, 3.05) is 18.0 Å². The van der Waals surface area contributed by atoms with E-state index in [4.69, 9.17) is 0 Å². The first kappa shape index (κ1) is 12.2. The summed E-state index contributed by atoms with van der Waals surface area (Å²) >= 11 is 0. The average Bonchev–Trinajstić information content (AvgIpc) is 2.90. The molecule has 4 rings (SSSR count). The van der Waals surface area contributed by atoms with Crippen LogP contribution in [0, 0.1) is 0 Å². The van der Waals surface area contributed by atoms with Gasteiger partial charge >= 0.3 is 0 Å². The largest absolute Gasteiger partial charge is 0.380 e. The summed E-state index contributed by atoms with van der Waals surface area (Å²) in [6, 6.07) is 3.77. The predicted octanol–water partition coefficient (Wildman–Crippen LogP) is -0.139. The van der Waals surface area contributed by atoms with E-state index >= 15 is 0 Å². The SMILES string of the molecule is Cn1nncc1C1(O)CN(c2ccc3nccnc3n2)C1. The van der Waals surface area contributed by atoms with E-state index < -0.39 is 5.60 Å².